The lowest BCUT2D eigenvalue weighted by Crippen LogP contribution is -2.50. The predicted octanol–water partition coefficient (Wildman–Crippen LogP) is 1.84. The van der Waals surface area contributed by atoms with Gasteiger partial charge in [-0.15, -0.1) is 0 Å². The van der Waals surface area contributed by atoms with Crippen LogP contribution in [0.25, 0.3) is 0 Å². The van der Waals surface area contributed by atoms with E-state index in [2.05, 4.69) is 20.2 Å². The van der Waals surface area contributed by atoms with Gasteiger partial charge in [0.1, 0.15) is 11.4 Å². The van der Waals surface area contributed by atoms with Crippen LogP contribution in [-0.4, -0.2) is 68.2 Å². The lowest BCUT2D eigenvalue weighted by Gasteiger charge is -2.39. The van der Waals surface area contributed by atoms with E-state index >= 15 is 0 Å². The molecule has 2 aliphatic heterocycles. The first-order chi connectivity index (χ1) is 17.2. The third kappa shape index (κ3) is 6.98. The number of anilines is 1. The van der Waals surface area contributed by atoms with Crippen molar-refractivity contribution >= 4 is 23.8 Å². The molecule has 2 saturated heterocycles. The van der Waals surface area contributed by atoms with E-state index in [0.717, 1.165) is 31.2 Å². The van der Waals surface area contributed by atoms with Crippen LogP contribution in [0.1, 0.15) is 41.6 Å². The van der Waals surface area contributed by atoms with Crippen molar-refractivity contribution in [2.45, 2.75) is 50.4 Å². The van der Waals surface area contributed by atoms with Crippen LogP contribution in [0.15, 0.2) is 42.6 Å². The fraction of sp³-hybridized carbons (Fsp3) is 0.375. The number of piperidine rings is 1. The third-order valence-corrected chi connectivity index (χ3v) is 6.11. The van der Waals surface area contributed by atoms with Gasteiger partial charge in [-0.3, -0.25) is 9.69 Å². The van der Waals surface area contributed by atoms with E-state index in [1.54, 1.807) is 6.07 Å². The number of nitrogens with two attached hydrogens (primary N) is 1. The highest BCUT2D eigenvalue weighted by molar-refractivity contribution is 5.96. The molecule has 192 valence electrons. The van der Waals surface area contributed by atoms with Gasteiger partial charge >= 0.3 is 11.9 Å². The van der Waals surface area contributed by atoms with Crippen molar-refractivity contribution in [2.24, 2.45) is 0 Å². The standard InChI is InChI=1S/C20H24FN5O2.C4H4O4/c1-28-19-16(10-23-20(22)25-19)18(27)24-13-8-14-6-7-15(9-13)26(14)11-12-4-2-3-5-17(12)21;5-3(6)1-2-4(7)8/h2-5,10,13-15H,6-9,11H2,1H3,(H,24,27)(H2,22,23,25);1-2H,(H,5,6)(H,7,8)/b;2-1+. The number of aliphatic carboxylic acids is 2. The number of amides is 1. The van der Waals surface area contributed by atoms with Crippen molar-refractivity contribution in [3.63, 3.8) is 0 Å². The second-order valence-corrected chi connectivity index (χ2v) is 8.45. The van der Waals surface area contributed by atoms with E-state index in [0.29, 0.717) is 30.8 Å². The van der Waals surface area contributed by atoms with Crippen LogP contribution in [0.3, 0.4) is 0 Å². The Morgan fingerprint density at radius 2 is 1.78 bits per heavy atom. The summed E-state index contributed by atoms with van der Waals surface area (Å²) in [7, 11) is 1.44. The largest absolute Gasteiger partial charge is 0.480 e. The van der Waals surface area contributed by atoms with Gasteiger partial charge in [-0.05, 0) is 31.7 Å². The number of nitrogens with zero attached hydrogens (tertiary/aromatic N) is 3. The Labute approximate surface area is 206 Å². The number of aromatic nitrogens is 2. The predicted molar refractivity (Wildman–Crippen MR) is 127 cm³/mol. The Balaban J connectivity index is 0.000000392. The normalized spacial score (nSPS) is 20.9. The van der Waals surface area contributed by atoms with Crippen molar-refractivity contribution in [1.82, 2.24) is 20.2 Å². The number of ether oxygens (including phenoxy) is 1. The van der Waals surface area contributed by atoms with Gasteiger partial charge in [-0.2, -0.15) is 4.98 Å². The molecule has 2 atom stereocenters. The molecule has 0 spiro atoms. The van der Waals surface area contributed by atoms with E-state index in [1.807, 2.05) is 12.1 Å². The maximum absolute atomic E-state index is 14.0. The smallest absolute Gasteiger partial charge is 0.328 e. The Morgan fingerprint density at radius 3 is 2.33 bits per heavy atom. The van der Waals surface area contributed by atoms with Gasteiger partial charge in [-0.1, -0.05) is 18.2 Å². The summed E-state index contributed by atoms with van der Waals surface area (Å²) in [5.41, 5.74) is 6.56. The molecule has 1 aromatic heterocycles. The van der Waals surface area contributed by atoms with Gasteiger partial charge in [0, 0.05) is 48.6 Å². The SMILES string of the molecule is COc1nc(N)ncc1C(=O)NC1CC2CCC(C1)N2Cc1ccccc1F.O=C(O)/C=C/C(=O)O. The van der Waals surface area contributed by atoms with Crippen molar-refractivity contribution in [3.8, 4) is 5.88 Å². The Hall–Kier alpha value is -4.06. The zero-order valence-electron chi connectivity index (χ0n) is 19.6. The molecule has 1 aromatic carbocycles. The minimum absolute atomic E-state index is 0.0594. The Morgan fingerprint density at radius 1 is 1.17 bits per heavy atom. The van der Waals surface area contributed by atoms with Gasteiger partial charge in [0.2, 0.25) is 11.8 Å². The molecule has 1 amide bonds. The number of fused-ring (bicyclic) bond motifs is 2. The van der Waals surface area contributed by atoms with E-state index in [1.165, 1.54) is 19.4 Å². The van der Waals surface area contributed by atoms with Crippen LogP contribution in [-0.2, 0) is 16.1 Å². The molecule has 2 fully saturated rings. The Bertz CT molecular complexity index is 1110. The molecule has 11 nitrogen and oxygen atoms in total. The minimum atomic E-state index is -1.26. The molecular weight excluding hydrogens is 473 g/mol. The number of hydrogen-bond acceptors (Lipinski definition) is 8. The number of carboxylic acids is 2. The molecule has 2 aromatic rings. The molecule has 36 heavy (non-hydrogen) atoms. The van der Waals surface area contributed by atoms with Gasteiger partial charge in [0.15, 0.2) is 0 Å². The average molecular weight is 502 g/mol. The summed E-state index contributed by atoms with van der Waals surface area (Å²) in [4.78, 5) is 42.0. The highest BCUT2D eigenvalue weighted by Crippen LogP contribution is 2.37. The number of benzene rings is 1. The van der Waals surface area contributed by atoms with E-state index in [4.69, 9.17) is 20.7 Å². The van der Waals surface area contributed by atoms with Crippen molar-refractivity contribution in [1.29, 1.82) is 0 Å². The fourth-order valence-electron chi connectivity index (χ4n) is 4.57. The van der Waals surface area contributed by atoms with E-state index < -0.39 is 11.9 Å². The fourth-order valence-corrected chi connectivity index (χ4v) is 4.57. The highest BCUT2D eigenvalue weighted by Gasteiger charge is 2.41. The molecule has 2 unspecified atom stereocenters. The number of nitrogen functional groups attached to an aromatic ring is 1. The van der Waals surface area contributed by atoms with Crippen LogP contribution in [0.5, 0.6) is 5.88 Å². The van der Waals surface area contributed by atoms with Crippen molar-refractivity contribution in [2.75, 3.05) is 12.8 Å². The van der Waals surface area contributed by atoms with Gasteiger partial charge in [0.25, 0.3) is 5.91 Å². The number of carbonyl (C=O) groups excluding carboxylic acids is 1. The van der Waals surface area contributed by atoms with Gasteiger partial charge in [-0.25, -0.2) is 19.0 Å². The zero-order valence-corrected chi connectivity index (χ0v) is 19.6. The number of carbonyl (C=O) groups is 3. The summed E-state index contributed by atoms with van der Waals surface area (Å²) in [6, 6.07) is 7.67. The first-order valence-electron chi connectivity index (χ1n) is 11.3. The molecule has 0 aliphatic carbocycles. The first-order valence-corrected chi connectivity index (χ1v) is 11.3. The molecule has 2 bridgehead atoms. The summed E-state index contributed by atoms with van der Waals surface area (Å²) >= 11 is 0. The summed E-state index contributed by atoms with van der Waals surface area (Å²) < 4.78 is 19.2. The molecular formula is C24H28FN5O6. The summed E-state index contributed by atoms with van der Waals surface area (Å²) in [5.74, 6) is -2.70. The summed E-state index contributed by atoms with van der Waals surface area (Å²) in [5, 5.41) is 18.7. The van der Waals surface area contributed by atoms with Crippen molar-refractivity contribution in [3.05, 3.63) is 59.6 Å². The summed E-state index contributed by atoms with van der Waals surface area (Å²) in [6.45, 7) is 0.613. The number of carboxylic acid groups (broad SMARTS) is 2. The zero-order chi connectivity index (χ0) is 26.2. The molecule has 4 rings (SSSR count). The first kappa shape index (κ1) is 26.5. The lowest BCUT2D eigenvalue weighted by molar-refractivity contribution is -0.134. The summed E-state index contributed by atoms with van der Waals surface area (Å²) in [6.07, 6.45) is 6.33. The monoisotopic (exact) mass is 501 g/mol. The number of rotatable bonds is 7. The van der Waals surface area contributed by atoms with E-state index in [-0.39, 0.29) is 35.2 Å². The average Bonchev–Trinajstić information content (AvgIpc) is 3.06. The quantitative estimate of drug-likeness (QED) is 0.411. The second kappa shape index (κ2) is 12.1. The van der Waals surface area contributed by atoms with Crippen molar-refractivity contribution < 1.29 is 33.7 Å². The molecule has 5 N–H and O–H groups in total. The maximum Gasteiger partial charge on any atom is 0.328 e. The second-order valence-electron chi connectivity index (χ2n) is 8.45. The third-order valence-electron chi connectivity index (χ3n) is 6.11. The number of halogens is 1. The van der Waals surface area contributed by atoms with Gasteiger partial charge in [0.05, 0.1) is 7.11 Å². The number of nitrogens with one attached hydrogen (secondary N) is 1. The molecule has 2 aliphatic rings. The van der Waals surface area contributed by atoms with Gasteiger partial charge < -0.3 is 26.0 Å². The molecule has 3 heterocycles. The molecule has 0 radical (unpaired) electrons. The van der Waals surface area contributed by atoms with Crippen LogP contribution in [0, 0.1) is 5.82 Å². The van der Waals surface area contributed by atoms with E-state index in [9.17, 15) is 18.8 Å². The van der Waals surface area contributed by atoms with Crippen LogP contribution < -0.4 is 15.8 Å². The van der Waals surface area contributed by atoms with Crippen LogP contribution in [0.4, 0.5) is 10.3 Å². The molecule has 0 saturated carbocycles. The lowest BCUT2D eigenvalue weighted by atomic mass is 9.96. The molecule has 12 heteroatoms. The topological polar surface area (TPSA) is 168 Å². The maximum atomic E-state index is 14.0. The van der Waals surface area contributed by atoms with Crippen LogP contribution in [0.2, 0.25) is 0 Å². The number of methoxy groups -OCH3 is 1. The highest BCUT2D eigenvalue weighted by atomic mass is 19.1. The minimum Gasteiger partial charge on any atom is -0.480 e. The Kier molecular flexibility index (Phi) is 8.90. The van der Waals surface area contributed by atoms with Crippen LogP contribution >= 0.6 is 0 Å². The number of hydrogen-bond donors (Lipinski definition) is 4.